The third kappa shape index (κ3) is 4.80. The zero-order valence-electron chi connectivity index (χ0n) is 16.2. The Labute approximate surface area is 159 Å². The average Bonchev–Trinajstić information content (AvgIpc) is 2.65. The summed E-state index contributed by atoms with van der Waals surface area (Å²) in [5.74, 6) is 0.475. The maximum Gasteiger partial charge on any atom is 0.328 e. The van der Waals surface area contributed by atoms with E-state index in [4.69, 9.17) is 18.9 Å². The fourth-order valence-electron chi connectivity index (χ4n) is 3.06. The van der Waals surface area contributed by atoms with Gasteiger partial charge in [0.05, 0.1) is 27.9 Å². The van der Waals surface area contributed by atoms with E-state index in [1.54, 1.807) is 25.3 Å². The fourth-order valence-corrected chi connectivity index (χ4v) is 3.06. The normalized spacial score (nSPS) is 15.7. The Morgan fingerprint density at radius 2 is 2.04 bits per heavy atom. The van der Waals surface area contributed by atoms with Crippen molar-refractivity contribution in [3.05, 3.63) is 35.9 Å². The summed E-state index contributed by atoms with van der Waals surface area (Å²) < 4.78 is 21.1. The summed E-state index contributed by atoms with van der Waals surface area (Å²) in [4.78, 5) is 26.2. The summed E-state index contributed by atoms with van der Waals surface area (Å²) in [6, 6.07) is 2.92. The Bertz CT molecular complexity index is 687. The smallest absolute Gasteiger partial charge is 0.328 e. The van der Waals surface area contributed by atoms with Crippen LogP contribution in [0.4, 0.5) is 0 Å². The predicted molar refractivity (Wildman–Crippen MR) is 100 cm³/mol. The highest BCUT2D eigenvalue weighted by molar-refractivity contribution is 5.98. The highest BCUT2D eigenvalue weighted by atomic mass is 16.5. The molecule has 7 heteroatoms. The van der Waals surface area contributed by atoms with Crippen molar-refractivity contribution in [2.75, 3.05) is 41.1 Å². The van der Waals surface area contributed by atoms with Crippen molar-refractivity contribution in [2.24, 2.45) is 0 Å². The van der Waals surface area contributed by atoms with E-state index in [0.29, 0.717) is 49.7 Å². The number of benzene rings is 1. The number of carbonyl (C=O) groups excluding carboxylic acids is 2. The first-order chi connectivity index (χ1) is 13.1. The Morgan fingerprint density at radius 3 is 2.59 bits per heavy atom. The van der Waals surface area contributed by atoms with Crippen LogP contribution in [0.15, 0.2) is 24.8 Å². The topological polar surface area (TPSA) is 74.3 Å². The molecule has 0 bridgehead atoms. The van der Waals surface area contributed by atoms with Crippen LogP contribution in [0.1, 0.15) is 28.8 Å². The van der Waals surface area contributed by atoms with Gasteiger partial charge < -0.3 is 23.8 Å². The predicted octanol–water partition coefficient (Wildman–Crippen LogP) is 2.23. The lowest BCUT2D eigenvalue weighted by molar-refractivity contribution is -0.149. The minimum atomic E-state index is -0.522. The first kappa shape index (κ1) is 20.8. The average molecular weight is 377 g/mol. The molecule has 0 aromatic heterocycles. The first-order valence-corrected chi connectivity index (χ1v) is 8.89. The van der Waals surface area contributed by atoms with Crippen molar-refractivity contribution in [3.8, 4) is 11.5 Å². The molecule has 1 saturated heterocycles. The zero-order valence-corrected chi connectivity index (χ0v) is 16.2. The minimum absolute atomic E-state index is 0.221. The van der Waals surface area contributed by atoms with Crippen molar-refractivity contribution < 1.29 is 28.5 Å². The summed E-state index contributed by atoms with van der Waals surface area (Å²) in [6.07, 6.45) is 3.74. The molecule has 1 fully saturated rings. The molecule has 1 atom stereocenters. The van der Waals surface area contributed by atoms with Crippen LogP contribution >= 0.6 is 0 Å². The van der Waals surface area contributed by atoms with Crippen molar-refractivity contribution in [3.63, 3.8) is 0 Å². The van der Waals surface area contributed by atoms with Gasteiger partial charge in [-0.15, -0.1) is 6.58 Å². The molecule has 2 rings (SSSR count). The summed E-state index contributed by atoms with van der Waals surface area (Å²) in [6.45, 7) is 5.22. The second kappa shape index (κ2) is 9.97. The first-order valence-electron chi connectivity index (χ1n) is 8.89. The highest BCUT2D eigenvalue weighted by Crippen LogP contribution is 2.34. The maximum absolute atomic E-state index is 12.9. The number of carbonyl (C=O) groups is 2. The van der Waals surface area contributed by atoms with Crippen LogP contribution < -0.4 is 9.47 Å². The lowest BCUT2D eigenvalue weighted by Gasteiger charge is -2.38. The van der Waals surface area contributed by atoms with Gasteiger partial charge in [-0.1, -0.05) is 6.08 Å². The molecule has 1 aromatic carbocycles. The van der Waals surface area contributed by atoms with E-state index < -0.39 is 12.0 Å². The highest BCUT2D eigenvalue weighted by Gasteiger charge is 2.39. The number of likely N-dealkylation sites (tertiary alicyclic amines) is 1. The molecule has 27 heavy (non-hydrogen) atoms. The van der Waals surface area contributed by atoms with Gasteiger partial charge in [0, 0.05) is 18.7 Å². The van der Waals surface area contributed by atoms with E-state index in [-0.39, 0.29) is 5.91 Å². The van der Waals surface area contributed by atoms with Crippen LogP contribution in [-0.4, -0.2) is 63.9 Å². The number of methoxy groups -OCH3 is 3. The minimum Gasteiger partial charge on any atom is -0.493 e. The van der Waals surface area contributed by atoms with E-state index in [1.165, 1.54) is 19.1 Å². The lowest BCUT2D eigenvalue weighted by Crippen LogP contribution is -2.55. The fraction of sp³-hybridized carbons (Fsp3) is 0.500. The van der Waals surface area contributed by atoms with Gasteiger partial charge in [-0.3, -0.25) is 4.79 Å². The van der Waals surface area contributed by atoms with Crippen molar-refractivity contribution in [2.45, 2.75) is 25.3 Å². The van der Waals surface area contributed by atoms with Crippen molar-refractivity contribution >= 4 is 11.9 Å². The molecule has 1 aliphatic rings. The van der Waals surface area contributed by atoms with E-state index in [2.05, 4.69) is 6.58 Å². The summed E-state index contributed by atoms with van der Waals surface area (Å²) >= 11 is 0. The Kier molecular flexibility index (Phi) is 7.67. The molecule has 0 saturated carbocycles. The largest absolute Gasteiger partial charge is 0.493 e. The van der Waals surface area contributed by atoms with Gasteiger partial charge in [0.1, 0.15) is 6.04 Å². The van der Waals surface area contributed by atoms with Crippen LogP contribution in [0.25, 0.3) is 0 Å². The summed E-state index contributed by atoms with van der Waals surface area (Å²) in [7, 11) is 4.43. The molecule has 1 aliphatic heterocycles. The van der Waals surface area contributed by atoms with Crippen LogP contribution in [0, 0.1) is 0 Å². The number of nitrogens with zero attached hydrogens (tertiary/aromatic N) is 1. The zero-order chi connectivity index (χ0) is 19.8. The number of amides is 1. The van der Waals surface area contributed by atoms with Gasteiger partial charge in [-0.25, -0.2) is 4.79 Å². The van der Waals surface area contributed by atoms with E-state index in [1.807, 2.05) is 0 Å². The number of aryl methyl sites for hydroxylation is 1. The van der Waals surface area contributed by atoms with Crippen molar-refractivity contribution in [1.29, 1.82) is 0 Å². The SMILES string of the molecule is C=CCOCCCc1cc(C(=O)N2CC[C@@H]2C(=O)OC)cc(OC)c1OC. The van der Waals surface area contributed by atoms with Gasteiger partial charge in [0.2, 0.25) is 0 Å². The quantitative estimate of drug-likeness (QED) is 0.354. The van der Waals surface area contributed by atoms with E-state index in [9.17, 15) is 9.59 Å². The Hall–Kier alpha value is -2.54. The number of hydrogen-bond acceptors (Lipinski definition) is 6. The number of esters is 1. The van der Waals surface area contributed by atoms with Crippen molar-refractivity contribution in [1.82, 2.24) is 4.90 Å². The molecule has 1 amide bonds. The molecule has 0 N–H and O–H groups in total. The number of ether oxygens (including phenoxy) is 4. The molecule has 0 spiro atoms. The second-order valence-electron chi connectivity index (χ2n) is 6.16. The number of rotatable bonds is 10. The third-order valence-corrected chi connectivity index (χ3v) is 4.53. The monoisotopic (exact) mass is 377 g/mol. The Balaban J connectivity index is 2.20. The summed E-state index contributed by atoms with van der Waals surface area (Å²) in [5.41, 5.74) is 1.32. The van der Waals surface area contributed by atoms with Gasteiger partial charge >= 0.3 is 5.97 Å². The van der Waals surface area contributed by atoms with Crippen LogP contribution in [-0.2, 0) is 20.7 Å². The van der Waals surface area contributed by atoms with Crippen LogP contribution in [0.2, 0.25) is 0 Å². The lowest BCUT2D eigenvalue weighted by atomic mass is 9.98. The van der Waals surface area contributed by atoms with Gasteiger partial charge in [0.25, 0.3) is 5.91 Å². The Morgan fingerprint density at radius 1 is 1.26 bits per heavy atom. The molecule has 1 heterocycles. The van der Waals surface area contributed by atoms with Gasteiger partial charge in [-0.2, -0.15) is 0 Å². The number of hydrogen-bond donors (Lipinski definition) is 0. The van der Waals surface area contributed by atoms with E-state index >= 15 is 0 Å². The van der Waals surface area contributed by atoms with Crippen LogP contribution in [0.3, 0.4) is 0 Å². The second-order valence-corrected chi connectivity index (χ2v) is 6.16. The molecule has 7 nitrogen and oxygen atoms in total. The third-order valence-electron chi connectivity index (χ3n) is 4.53. The molecule has 0 radical (unpaired) electrons. The molecule has 0 aliphatic carbocycles. The molecule has 0 unspecified atom stereocenters. The molecule has 1 aromatic rings. The maximum atomic E-state index is 12.9. The van der Waals surface area contributed by atoms with E-state index in [0.717, 1.165) is 12.0 Å². The molecular weight excluding hydrogens is 350 g/mol. The van der Waals surface area contributed by atoms with Crippen LogP contribution in [0.5, 0.6) is 11.5 Å². The molecule has 148 valence electrons. The van der Waals surface area contributed by atoms with Gasteiger partial charge in [-0.05, 0) is 37.0 Å². The van der Waals surface area contributed by atoms with Gasteiger partial charge in [0.15, 0.2) is 11.5 Å². The summed E-state index contributed by atoms with van der Waals surface area (Å²) in [5, 5.41) is 0. The molecular formula is C20H27NO6. The standard InChI is InChI=1S/C20H27NO6/c1-5-10-27-11-6-7-14-12-15(13-17(24-2)18(14)25-3)19(22)21-9-8-16(21)20(23)26-4/h5,12-13,16H,1,6-11H2,2-4H3/t16-/m1/s1.